The largest absolute Gasteiger partial charge is 0.497 e. The Labute approximate surface area is 136 Å². The standard InChI is InChI=1S/C19H22N2O2/c1-19-8-7-14-13-6-4-12(23-2)9-11(13)3-5-15(14)16(19)10-17(21-20)18(19)22/h4,6,9,14-16H,3,5,7-8,10H2,1-2H3/t14-,15-,16-,19+/m0/s1. The van der Waals surface area contributed by atoms with Gasteiger partial charge in [0, 0.05) is 5.41 Å². The number of ether oxygens (including phenoxy) is 1. The van der Waals surface area contributed by atoms with Crippen molar-refractivity contribution in [1.82, 2.24) is 0 Å². The molecule has 0 unspecified atom stereocenters. The molecule has 0 amide bonds. The highest BCUT2D eigenvalue weighted by Gasteiger charge is 2.60. The summed E-state index contributed by atoms with van der Waals surface area (Å²) >= 11 is 0. The minimum Gasteiger partial charge on any atom is -0.497 e. The van der Waals surface area contributed by atoms with Crippen molar-refractivity contribution in [3.63, 3.8) is 0 Å². The van der Waals surface area contributed by atoms with E-state index < -0.39 is 0 Å². The summed E-state index contributed by atoms with van der Waals surface area (Å²) in [7, 11) is 1.71. The molecule has 23 heavy (non-hydrogen) atoms. The molecule has 1 aromatic carbocycles. The number of hydrogen-bond donors (Lipinski definition) is 0. The number of carbonyl (C=O) groups is 1. The van der Waals surface area contributed by atoms with E-state index >= 15 is 0 Å². The fraction of sp³-hybridized carbons (Fsp3) is 0.579. The lowest BCUT2D eigenvalue weighted by Crippen LogP contribution is -2.42. The van der Waals surface area contributed by atoms with Crippen LogP contribution in [-0.4, -0.2) is 23.4 Å². The Kier molecular flexibility index (Phi) is 3.21. The molecule has 2 fully saturated rings. The molecule has 0 N–H and O–H groups in total. The molecule has 2 saturated carbocycles. The number of carbonyl (C=O) groups excluding carboxylic acids is 1. The van der Waals surface area contributed by atoms with Gasteiger partial charge in [0.1, 0.15) is 5.75 Å². The first kappa shape index (κ1) is 14.6. The molecule has 3 aliphatic carbocycles. The fourth-order valence-electron chi connectivity index (χ4n) is 5.38. The fourth-order valence-corrected chi connectivity index (χ4v) is 5.38. The van der Waals surface area contributed by atoms with Crippen molar-refractivity contribution < 1.29 is 14.3 Å². The molecule has 0 saturated heterocycles. The van der Waals surface area contributed by atoms with Crippen LogP contribution in [0.5, 0.6) is 5.75 Å². The van der Waals surface area contributed by atoms with Crippen molar-refractivity contribution in [1.29, 1.82) is 0 Å². The van der Waals surface area contributed by atoms with Gasteiger partial charge in [0.15, 0.2) is 0 Å². The Bertz CT molecular complexity index is 735. The summed E-state index contributed by atoms with van der Waals surface area (Å²) in [6.07, 6.45) is 4.72. The van der Waals surface area contributed by atoms with Crippen LogP contribution in [0.4, 0.5) is 0 Å². The topological polar surface area (TPSA) is 62.7 Å². The molecular formula is C19H22N2O2. The number of methoxy groups -OCH3 is 1. The molecule has 3 aliphatic rings. The maximum absolute atomic E-state index is 12.6. The second-order valence-corrected chi connectivity index (χ2v) is 7.52. The lowest BCUT2D eigenvalue weighted by atomic mass is 9.55. The molecule has 0 aliphatic heterocycles. The summed E-state index contributed by atoms with van der Waals surface area (Å²) < 4.78 is 5.36. The third-order valence-electron chi connectivity index (χ3n) is 6.64. The van der Waals surface area contributed by atoms with Crippen LogP contribution in [0.25, 0.3) is 5.53 Å². The molecule has 0 aromatic heterocycles. The van der Waals surface area contributed by atoms with Crippen LogP contribution in [-0.2, 0) is 11.2 Å². The molecule has 4 nitrogen and oxygen atoms in total. The number of hydrogen-bond acceptors (Lipinski definition) is 2. The van der Waals surface area contributed by atoms with E-state index in [1.807, 2.05) is 0 Å². The van der Waals surface area contributed by atoms with Gasteiger partial charge in [0.05, 0.1) is 13.5 Å². The zero-order valence-electron chi connectivity index (χ0n) is 13.7. The Balaban J connectivity index is 1.72. The van der Waals surface area contributed by atoms with Gasteiger partial charge in [-0.3, -0.25) is 4.79 Å². The zero-order valence-corrected chi connectivity index (χ0v) is 13.7. The molecular weight excluding hydrogens is 288 g/mol. The van der Waals surface area contributed by atoms with Crippen LogP contribution in [0, 0.1) is 17.3 Å². The maximum Gasteiger partial charge on any atom is 0.335 e. The number of rotatable bonds is 1. The number of aryl methyl sites for hydroxylation is 1. The maximum atomic E-state index is 12.6. The van der Waals surface area contributed by atoms with E-state index in [0.29, 0.717) is 29.9 Å². The summed E-state index contributed by atoms with van der Waals surface area (Å²) in [5.41, 5.74) is 12.1. The smallest absolute Gasteiger partial charge is 0.335 e. The van der Waals surface area contributed by atoms with Crippen molar-refractivity contribution in [2.45, 2.75) is 44.9 Å². The number of nitrogens with zero attached hydrogens (tertiary/aromatic N) is 2. The van der Waals surface area contributed by atoms with E-state index in [9.17, 15) is 4.79 Å². The minimum atomic E-state index is -0.327. The molecule has 4 rings (SSSR count). The summed E-state index contributed by atoms with van der Waals surface area (Å²) in [6.45, 7) is 2.08. The SMILES string of the molecule is COc1ccc2c(c1)CC[C@H]1[C@H]2CC[C@@]2(C)C(=O)C(=[N+]=[N-])C[C@@H]12. The quantitative estimate of drug-likeness (QED) is 0.589. The molecule has 0 heterocycles. The highest BCUT2D eigenvalue weighted by atomic mass is 16.5. The first-order valence-electron chi connectivity index (χ1n) is 8.51. The minimum absolute atomic E-state index is 0.0731. The van der Waals surface area contributed by atoms with Crippen LogP contribution < -0.4 is 4.74 Å². The number of Topliss-reactive ketones (excluding diaryl/α,β-unsaturated/α-hetero) is 1. The van der Waals surface area contributed by atoms with Crippen molar-refractivity contribution in [2.24, 2.45) is 17.3 Å². The van der Waals surface area contributed by atoms with Crippen LogP contribution in [0.3, 0.4) is 0 Å². The average Bonchev–Trinajstić information content (AvgIpc) is 2.85. The summed E-state index contributed by atoms with van der Waals surface area (Å²) in [5, 5.41) is 0. The highest BCUT2D eigenvalue weighted by molar-refractivity contribution is 6.41. The number of fused-ring (bicyclic) bond motifs is 5. The molecule has 4 heteroatoms. The summed E-state index contributed by atoms with van der Waals surface area (Å²) in [6, 6.07) is 6.43. The monoisotopic (exact) mass is 310 g/mol. The lowest BCUT2D eigenvalue weighted by Gasteiger charge is -2.47. The number of ketones is 1. The van der Waals surface area contributed by atoms with Crippen LogP contribution in [0.1, 0.15) is 49.7 Å². The van der Waals surface area contributed by atoms with Gasteiger partial charge in [-0.25, -0.2) is 0 Å². The third kappa shape index (κ3) is 1.94. The van der Waals surface area contributed by atoms with Crippen molar-refractivity contribution in [3.8, 4) is 5.75 Å². The van der Waals surface area contributed by atoms with Crippen molar-refractivity contribution in [2.75, 3.05) is 7.11 Å². The Morgan fingerprint density at radius 2 is 2.17 bits per heavy atom. The van der Waals surface area contributed by atoms with Gasteiger partial charge >= 0.3 is 5.71 Å². The van der Waals surface area contributed by atoms with E-state index in [-0.39, 0.29) is 11.2 Å². The lowest BCUT2D eigenvalue weighted by molar-refractivity contribution is -0.128. The molecule has 120 valence electrons. The molecule has 0 spiro atoms. The first-order valence-corrected chi connectivity index (χ1v) is 8.51. The van der Waals surface area contributed by atoms with Crippen LogP contribution in [0.2, 0.25) is 0 Å². The zero-order chi connectivity index (χ0) is 16.2. The van der Waals surface area contributed by atoms with Crippen LogP contribution in [0.15, 0.2) is 18.2 Å². The van der Waals surface area contributed by atoms with Gasteiger partial charge < -0.3 is 10.3 Å². The first-order chi connectivity index (χ1) is 11.1. The van der Waals surface area contributed by atoms with Gasteiger partial charge in [0.2, 0.25) is 5.78 Å². The average molecular weight is 310 g/mol. The van der Waals surface area contributed by atoms with Crippen LogP contribution >= 0.6 is 0 Å². The number of benzene rings is 1. The predicted molar refractivity (Wildman–Crippen MR) is 86.6 cm³/mol. The van der Waals surface area contributed by atoms with Gasteiger partial charge in [-0.15, -0.1) is 0 Å². The summed E-state index contributed by atoms with van der Waals surface area (Å²) in [4.78, 5) is 15.9. The summed E-state index contributed by atoms with van der Waals surface area (Å²) in [5.74, 6) is 2.35. The second-order valence-electron chi connectivity index (χ2n) is 7.52. The Hall–Kier alpha value is -1.93. The Morgan fingerprint density at radius 1 is 1.35 bits per heavy atom. The van der Waals surface area contributed by atoms with E-state index in [1.54, 1.807) is 7.11 Å². The van der Waals surface area contributed by atoms with E-state index in [4.69, 9.17) is 10.3 Å². The van der Waals surface area contributed by atoms with Gasteiger partial charge in [-0.1, -0.05) is 13.0 Å². The Morgan fingerprint density at radius 3 is 2.91 bits per heavy atom. The highest BCUT2D eigenvalue weighted by Crippen LogP contribution is 2.58. The molecule has 1 aromatic rings. The molecule has 0 radical (unpaired) electrons. The second kappa shape index (κ2) is 5.04. The van der Waals surface area contributed by atoms with Gasteiger partial charge in [0.25, 0.3) is 0 Å². The van der Waals surface area contributed by atoms with Crippen molar-refractivity contribution in [3.05, 3.63) is 34.9 Å². The predicted octanol–water partition coefficient (Wildman–Crippen LogP) is 3.40. The normalized spacial score (nSPS) is 35.1. The van der Waals surface area contributed by atoms with Gasteiger partial charge in [-0.05, 0) is 66.7 Å². The molecule has 0 bridgehead atoms. The third-order valence-corrected chi connectivity index (χ3v) is 6.64. The van der Waals surface area contributed by atoms with Gasteiger partial charge in [-0.2, -0.15) is 4.79 Å². The van der Waals surface area contributed by atoms with E-state index in [0.717, 1.165) is 31.4 Å². The van der Waals surface area contributed by atoms with E-state index in [1.165, 1.54) is 11.1 Å². The molecule has 4 atom stereocenters. The van der Waals surface area contributed by atoms with E-state index in [2.05, 4.69) is 29.9 Å². The van der Waals surface area contributed by atoms with Crippen molar-refractivity contribution >= 4 is 11.5 Å².